The third-order valence-corrected chi connectivity index (χ3v) is 14.3. The largest absolute Gasteiger partial charge is 0.456 e. The molecule has 2 aliphatic carbocycles. The second-order valence-electron chi connectivity index (χ2n) is 17.0. The first-order valence-electron chi connectivity index (χ1n) is 22.0. The van der Waals surface area contributed by atoms with E-state index in [1.165, 1.54) is 48.0 Å². The van der Waals surface area contributed by atoms with Crippen molar-refractivity contribution in [1.82, 2.24) is 15.0 Å². The van der Waals surface area contributed by atoms with Crippen LogP contribution in [-0.2, 0) is 0 Å². The molecule has 2 atom stereocenters. The van der Waals surface area contributed by atoms with Crippen molar-refractivity contribution in [2.75, 3.05) is 0 Å². The van der Waals surface area contributed by atoms with Gasteiger partial charge in [-0.05, 0) is 127 Å². The van der Waals surface area contributed by atoms with E-state index in [1.54, 1.807) is 0 Å². The molecule has 2 unspecified atom stereocenters. The summed E-state index contributed by atoms with van der Waals surface area (Å²) in [5.41, 5.74) is 11.1. The van der Waals surface area contributed by atoms with Crippen LogP contribution in [0.25, 0.3) is 104 Å². The second kappa shape index (κ2) is 15.0. The number of aromatic nitrogens is 3. The fourth-order valence-corrected chi connectivity index (χ4v) is 11.1. The molecule has 302 valence electrons. The Kier molecular flexibility index (Phi) is 8.63. The molecule has 0 N–H and O–H groups in total. The maximum Gasteiger partial charge on any atom is 0.163 e. The van der Waals surface area contributed by atoms with Gasteiger partial charge in [0, 0.05) is 37.7 Å². The van der Waals surface area contributed by atoms with Crippen molar-refractivity contribution in [3.63, 3.8) is 0 Å². The monoisotopic (exact) mass is 837 g/mol. The van der Waals surface area contributed by atoms with E-state index >= 15 is 0 Å². The molecule has 0 radical (unpaired) electrons. The number of nitrogens with zero attached hydrogens (tertiary/aromatic N) is 3. The zero-order valence-electron chi connectivity index (χ0n) is 34.8. The van der Waals surface area contributed by atoms with Crippen molar-refractivity contribution in [3.8, 4) is 44.8 Å². The summed E-state index contributed by atoms with van der Waals surface area (Å²) in [6.45, 7) is 0. The quantitative estimate of drug-likeness (QED) is 0.167. The van der Waals surface area contributed by atoms with Gasteiger partial charge < -0.3 is 4.42 Å². The minimum Gasteiger partial charge on any atom is -0.456 e. The lowest BCUT2D eigenvalue weighted by Crippen LogP contribution is -2.14. The molecule has 64 heavy (non-hydrogen) atoms. The van der Waals surface area contributed by atoms with Crippen molar-refractivity contribution in [2.45, 2.75) is 24.7 Å². The zero-order valence-corrected chi connectivity index (χ0v) is 35.6. The molecule has 0 spiro atoms. The summed E-state index contributed by atoms with van der Waals surface area (Å²) in [6.07, 6.45) is 14.9. The highest BCUT2D eigenvalue weighted by molar-refractivity contribution is 7.20. The van der Waals surface area contributed by atoms with Gasteiger partial charge in [-0.3, -0.25) is 0 Å². The molecule has 0 bridgehead atoms. The van der Waals surface area contributed by atoms with Crippen LogP contribution in [0.1, 0.15) is 46.8 Å². The molecular weight excluding hydrogens is 799 g/mol. The number of fused-ring (bicyclic) bond motifs is 8. The van der Waals surface area contributed by atoms with Crippen molar-refractivity contribution in [3.05, 3.63) is 216 Å². The minimum absolute atomic E-state index is 0.0485. The van der Waals surface area contributed by atoms with Crippen LogP contribution in [-0.4, -0.2) is 15.0 Å². The number of hydrogen-bond acceptors (Lipinski definition) is 5. The predicted molar refractivity (Wildman–Crippen MR) is 267 cm³/mol. The van der Waals surface area contributed by atoms with Gasteiger partial charge in [-0.25, -0.2) is 15.0 Å². The van der Waals surface area contributed by atoms with Crippen LogP contribution in [0.4, 0.5) is 0 Å². The summed E-state index contributed by atoms with van der Waals surface area (Å²) in [7, 11) is 0. The van der Waals surface area contributed by atoms with Gasteiger partial charge in [0.05, 0.1) is 0 Å². The molecule has 0 saturated heterocycles. The Morgan fingerprint density at radius 1 is 0.484 bits per heavy atom. The number of allylic oxidation sites excluding steroid dienone is 5. The SMILES string of the molecule is C1=CCC(c2nc(-c3ccc4ccc(-c5cccc6oc7ccc(-c8ccc(-c9ccc%10ccccc%10c9)cc8)cc7c56)cc4c3)nc(C3CC=Cc4sc5ccccc5c43)n2)C=C1. The van der Waals surface area contributed by atoms with Gasteiger partial charge in [0.2, 0.25) is 0 Å². The van der Waals surface area contributed by atoms with E-state index < -0.39 is 0 Å². The summed E-state index contributed by atoms with van der Waals surface area (Å²) < 4.78 is 7.81. The average molecular weight is 838 g/mol. The normalized spacial score (nSPS) is 15.8. The van der Waals surface area contributed by atoms with Gasteiger partial charge in [0.25, 0.3) is 0 Å². The summed E-state index contributed by atoms with van der Waals surface area (Å²) in [5, 5.41) is 8.30. The Morgan fingerprint density at radius 3 is 2.05 bits per heavy atom. The van der Waals surface area contributed by atoms with Crippen molar-refractivity contribution < 1.29 is 4.42 Å². The molecule has 0 saturated carbocycles. The van der Waals surface area contributed by atoms with Gasteiger partial charge in [0.15, 0.2) is 5.82 Å². The lowest BCUT2D eigenvalue weighted by atomic mass is 9.88. The summed E-state index contributed by atoms with van der Waals surface area (Å²) >= 11 is 1.85. The first-order valence-corrected chi connectivity index (χ1v) is 22.9. The minimum atomic E-state index is 0.0485. The highest BCUT2D eigenvalue weighted by Crippen LogP contribution is 2.45. The van der Waals surface area contributed by atoms with E-state index in [1.807, 2.05) is 11.3 Å². The Labute approximate surface area is 374 Å². The molecule has 13 rings (SSSR count). The van der Waals surface area contributed by atoms with Crippen LogP contribution in [0.15, 0.2) is 199 Å². The van der Waals surface area contributed by atoms with E-state index in [-0.39, 0.29) is 11.8 Å². The van der Waals surface area contributed by atoms with Crippen LogP contribution in [0.3, 0.4) is 0 Å². The molecule has 0 fully saturated rings. The van der Waals surface area contributed by atoms with Gasteiger partial charge in [0.1, 0.15) is 22.8 Å². The number of hydrogen-bond donors (Lipinski definition) is 0. The summed E-state index contributed by atoms with van der Waals surface area (Å²) in [5.74, 6) is 2.52. The van der Waals surface area contributed by atoms with Crippen molar-refractivity contribution in [2.24, 2.45) is 0 Å². The first-order chi connectivity index (χ1) is 31.7. The van der Waals surface area contributed by atoms with E-state index in [2.05, 4.69) is 200 Å². The van der Waals surface area contributed by atoms with Crippen LogP contribution >= 0.6 is 11.3 Å². The maximum atomic E-state index is 6.51. The third-order valence-electron chi connectivity index (χ3n) is 13.2. The molecule has 4 nitrogen and oxygen atoms in total. The molecule has 0 amide bonds. The smallest absolute Gasteiger partial charge is 0.163 e. The lowest BCUT2D eigenvalue weighted by Gasteiger charge is -2.21. The van der Waals surface area contributed by atoms with Crippen LogP contribution in [0, 0.1) is 0 Å². The van der Waals surface area contributed by atoms with E-state index in [0.717, 1.165) is 79.5 Å². The number of benzene rings is 8. The summed E-state index contributed by atoms with van der Waals surface area (Å²) in [6, 6.07) is 59.1. The second-order valence-corrected chi connectivity index (χ2v) is 18.1. The van der Waals surface area contributed by atoms with Crippen molar-refractivity contribution in [1.29, 1.82) is 0 Å². The van der Waals surface area contributed by atoms with E-state index in [0.29, 0.717) is 5.82 Å². The van der Waals surface area contributed by atoms with Crippen LogP contribution < -0.4 is 0 Å². The van der Waals surface area contributed by atoms with Gasteiger partial charge in [-0.15, -0.1) is 11.3 Å². The fourth-order valence-electron chi connectivity index (χ4n) is 9.89. The molecule has 5 heteroatoms. The Hall–Kier alpha value is -7.73. The molecule has 3 heterocycles. The molecule has 0 aliphatic heterocycles. The standard InChI is InChI=1S/C59H39N3OS/c1-2-11-40(12-3-1)57-60-58(62-59(61-57)49-16-9-19-54-56(49)48-14-6-7-18-53(48)64-54)45-29-26-39-25-28-44(33-46(39)34-45)47-15-8-17-52-55(47)50-35-43(30-31-51(50)63-52)38-22-20-37(21-23-38)42-27-24-36-10-4-5-13-41(36)32-42/h1-11,13-15,17-35,40,49H,12,16H2. The summed E-state index contributed by atoms with van der Waals surface area (Å²) in [4.78, 5) is 17.1. The Bertz CT molecular complexity index is 3760. The number of thiophene rings is 1. The van der Waals surface area contributed by atoms with Crippen LogP contribution in [0.2, 0.25) is 0 Å². The lowest BCUT2D eigenvalue weighted by molar-refractivity contribution is 0.669. The molecule has 3 aromatic heterocycles. The highest BCUT2D eigenvalue weighted by atomic mass is 32.1. The Balaban J connectivity index is 0.881. The average Bonchev–Trinajstić information content (AvgIpc) is 3.94. The molecular formula is C59H39N3OS. The third kappa shape index (κ3) is 6.31. The molecule has 8 aromatic carbocycles. The maximum absolute atomic E-state index is 6.51. The fraction of sp³-hybridized carbons (Fsp3) is 0.0678. The predicted octanol–water partition coefficient (Wildman–Crippen LogP) is 16.1. The number of rotatable bonds is 6. The van der Waals surface area contributed by atoms with Crippen molar-refractivity contribution >= 4 is 71.0 Å². The van der Waals surface area contributed by atoms with E-state index in [4.69, 9.17) is 19.4 Å². The highest BCUT2D eigenvalue weighted by Gasteiger charge is 2.28. The van der Waals surface area contributed by atoms with E-state index in [9.17, 15) is 0 Å². The Morgan fingerprint density at radius 2 is 1.19 bits per heavy atom. The molecule has 11 aromatic rings. The van der Waals surface area contributed by atoms with Crippen LogP contribution in [0.5, 0.6) is 0 Å². The zero-order chi connectivity index (χ0) is 42.1. The van der Waals surface area contributed by atoms with Gasteiger partial charge >= 0.3 is 0 Å². The van der Waals surface area contributed by atoms with Gasteiger partial charge in [-0.1, -0.05) is 152 Å². The topological polar surface area (TPSA) is 51.8 Å². The number of furan rings is 1. The van der Waals surface area contributed by atoms with Gasteiger partial charge in [-0.2, -0.15) is 0 Å². The first kappa shape index (κ1) is 36.9. The molecule has 2 aliphatic rings.